The minimum atomic E-state index is -0.643. The second-order valence-corrected chi connectivity index (χ2v) is 4.81. The first kappa shape index (κ1) is 14.6. The van der Waals surface area contributed by atoms with Gasteiger partial charge in [0.15, 0.2) is 0 Å². The number of hydrogen-bond donors (Lipinski definition) is 2. The minimum Gasteiger partial charge on any atom is -0.465 e. The van der Waals surface area contributed by atoms with Gasteiger partial charge in [-0.25, -0.2) is 9.69 Å². The van der Waals surface area contributed by atoms with Gasteiger partial charge in [-0.05, 0) is 24.3 Å². The molecular weight excluding hydrogens is 298 g/mol. The maximum Gasteiger partial charge on any atom is 0.329 e. The highest BCUT2D eigenvalue weighted by Gasteiger charge is 2.35. The van der Waals surface area contributed by atoms with Gasteiger partial charge >= 0.3 is 6.03 Å². The summed E-state index contributed by atoms with van der Waals surface area (Å²) in [6, 6.07) is 11.5. The number of rotatable bonds is 4. The van der Waals surface area contributed by atoms with Crippen LogP contribution in [0, 0.1) is 0 Å². The van der Waals surface area contributed by atoms with E-state index in [-0.39, 0.29) is 12.2 Å². The third-order valence-electron chi connectivity index (χ3n) is 3.15. The fourth-order valence-electron chi connectivity index (χ4n) is 2.10. The predicted octanol–water partition coefficient (Wildman–Crippen LogP) is 1.81. The van der Waals surface area contributed by atoms with Crippen LogP contribution in [-0.4, -0.2) is 29.3 Å². The zero-order valence-electron chi connectivity index (χ0n) is 12.0. The van der Waals surface area contributed by atoms with Crippen molar-refractivity contribution in [1.82, 2.24) is 10.2 Å². The summed E-state index contributed by atoms with van der Waals surface area (Å²) in [6.07, 6.45) is 2.87. The lowest BCUT2D eigenvalue weighted by molar-refractivity contribution is -0.127. The van der Waals surface area contributed by atoms with Crippen molar-refractivity contribution in [2.45, 2.75) is 0 Å². The molecule has 0 spiro atoms. The van der Waals surface area contributed by atoms with E-state index in [9.17, 15) is 14.4 Å². The number of furan rings is 1. The van der Waals surface area contributed by atoms with Crippen molar-refractivity contribution in [2.24, 2.45) is 0 Å². The standard InChI is InChI=1S/C16H13N3O4/c20-14(17-11-5-2-1-3-6-11)10-19-15(21)13(18-16(19)22)9-12-7-4-8-23-12/h1-9H,10H2,(H,17,20)(H,18,22)/b13-9-. The number of nitrogens with zero attached hydrogens (tertiary/aromatic N) is 1. The summed E-state index contributed by atoms with van der Waals surface area (Å²) in [7, 11) is 0. The Morgan fingerprint density at radius 2 is 1.96 bits per heavy atom. The second kappa shape index (κ2) is 6.18. The normalized spacial score (nSPS) is 15.8. The van der Waals surface area contributed by atoms with Crippen LogP contribution in [0.25, 0.3) is 6.08 Å². The van der Waals surface area contributed by atoms with E-state index in [0.717, 1.165) is 4.90 Å². The third-order valence-corrected chi connectivity index (χ3v) is 3.15. The Labute approximate surface area is 131 Å². The maximum atomic E-state index is 12.2. The lowest BCUT2D eigenvalue weighted by Gasteiger charge is -2.11. The van der Waals surface area contributed by atoms with Gasteiger partial charge in [0.1, 0.15) is 18.0 Å². The largest absolute Gasteiger partial charge is 0.465 e. The summed E-state index contributed by atoms with van der Waals surface area (Å²) in [5, 5.41) is 5.04. The molecule has 3 rings (SSSR count). The molecule has 7 nitrogen and oxygen atoms in total. The van der Waals surface area contributed by atoms with Crippen LogP contribution in [0.5, 0.6) is 0 Å². The van der Waals surface area contributed by atoms with Gasteiger partial charge < -0.3 is 15.1 Å². The molecular formula is C16H13N3O4. The lowest BCUT2D eigenvalue weighted by Crippen LogP contribution is -2.38. The number of carbonyl (C=O) groups is 3. The molecule has 2 heterocycles. The van der Waals surface area contributed by atoms with Crippen molar-refractivity contribution in [3.8, 4) is 0 Å². The van der Waals surface area contributed by atoms with Crippen LogP contribution in [0.15, 0.2) is 58.8 Å². The number of hydrogen-bond acceptors (Lipinski definition) is 4. The topological polar surface area (TPSA) is 91.7 Å². The molecule has 0 atom stereocenters. The number of benzene rings is 1. The summed E-state index contributed by atoms with van der Waals surface area (Å²) in [5.74, 6) is -0.599. The highest BCUT2D eigenvalue weighted by atomic mass is 16.3. The maximum absolute atomic E-state index is 12.2. The quantitative estimate of drug-likeness (QED) is 0.665. The molecule has 0 aliphatic carbocycles. The Morgan fingerprint density at radius 3 is 2.65 bits per heavy atom. The number of carbonyl (C=O) groups excluding carboxylic acids is 3. The van der Waals surface area contributed by atoms with Crippen LogP contribution < -0.4 is 10.6 Å². The first-order valence-corrected chi connectivity index (χ1v) is 6.86. The first-order chi connectivity index (χ1) is 11.1. The van der Waals surface area contributed by atoms with E-state index in [2.05, 4.69) is 10.6 Å². The molecule has 1 aliphatic heterocycles. The number of urea groups is 1. The zero-order chi connectivity index (χ0) is 16.2. The summed E-state index contributed by atoms with van der Waals surface area (Å²) < 4.78 is 5.10. The molecule has 0 unspecified atom stereocenters. The van der Waals surface area contributed by atoms with Gasteiger partial charge in [-0.2, -0.15) is 0 Å². The molecule has 1 saturated heterocycles. The summed E-state index contributed by atoms with van der Waals surface area (Å²) >= 11 is 0. The van der Waals surface area contributed by atoms with Gasteiger partial charge in [-0.1, -0.05) is 18.2 Å². The Balaban J connectivity index is 1.67. The van der Waals surface area contributed by atoms with E-state index in [1.807, 2.05) is 6.07 Å². The Bertz CT molecular complexity index is 766. The molecule has 2 aromatic rings. The molecule has 7 heteroatoms. The summed E-state index contributed by atoms with van der Waals surface area (Å²) in [4.78, 5) is 36.8. The van der Waals surface area contributed by atoms with Crippen molar-refractivity contribution >= 4 is 29.6 Å². The van der Waals surface area contributed by atoms with Crippen LogP contribution >= 0.6 is 0 Å². The molecule has 116 valence electrons. The van der Waals surface area contributed by atoms with E-state index < -0.39 is 17.8 Å². The van der Waals surface area contributed by atoms with Crippen molar-refractivity contribution in [3.05, 3.63) is 60.2 Å². The van der Waals surface area contributed by atoms with E-state index in [0.29, 0.717) is 11.4 Å². The van der Waals surface area contributed by atoms with Crippen molar-refractivity contribution in [1.29, 1.82) is 0 Å². The Kier molecular flexibility index (Phi) is 3.92. The Morgan fingerprint density at radius 1 is 1.17 bits per heavy atom. The fourth-order valence-corrected chi connectivity index (χ4v) is 2.10. The van der Waals surface area contributed by atoms with Crippen molar-refractivity contribution in [3.63, 3.8) is 0 Å². The number of imide groups is 1. The lowest BCUT2D eigenvalue weighted by atomic mass is 10.3. The third kappa shape index (κ3) is 3.29. The first-order valence-electron chi connectivity index (χ1n) is 6.86. The van der Waals surface area contributed by atoms with E-state index in [4.69, 9.17) is 4.42 Å². The van der Waals surface area contributed by atoms with Crippen molar-refractivity contribution in [2.75, 3.05) is 11.9 Å². The number of anilines is 1. The van der Waals surface area contributed by atoms with Gasteiger partial charge in [0.05, 0.1) is 6.26 Å². The van der Waals surface area contributed by atoms with Gasteiger partial charge in [-0.15, -0.1) is 0 Å². The zero-order valence-corrected chi connectivity index (χ0v) is 12.0. The fraction of sp³-hybridized carbons (Fsp3) is 0.0625. The highest BCUT2D eigenvalue weighted by molar-refractivity contribution is 6.15. The van der Waals surface area contributed by atoms with Crippen molar-refractivity contribution < 1.29 is 18.8 Å². The molecule has 0 radical (unpaired) electrons. The second-order valence-electron chi connectivity index (χ2n) is 4.81. The van der Waals surface area contributed by atoms with Gasteiger partial charge in [-0.3, -0.25) is 9.59 Å². The van der Waals surface area contributed by atoms with E-state index in [1.165, 1.54) is 12.3 Å². The molecule has 0 saturated carbocycles. The SMILES string of the molecule is O=C(CN1C(=O)N/C(=C\c2ccco2)C1=O)Nc1ccccc1. The average molecular weight is 311 g/mol. The average Bonchev–Trinajstić information content (AvgIpc) is 3.13. The number of nitrogens with one attached hydrogen (secondary N) is 2. The highest BCUT2D eigenvalue weighted by Crippen LogP contribution is 2.14. The van der Waals surface area contributed by atoms with Gasteiger partial charge in [0.2, 0.25) is 5.91 Å². The van der Waals surface area contributed by atoms with Crippen LogP contribution in [0.2, 0.25) is 0 Å². The molecule has 0 bridgehead atoms. The number of para-hydroxylation sites is 1. The van der Waals surface area contributed by atoms with Crippen LogP contribution in [0.4, 0.5) is 10.5 Å². The smallest absolute Gasteiger partial charge is 0.329 e. The van der Waals surface area contributed by atoms with Crippen LogP contribution in [0.1, 0.15) is 5.76 Å². The number of amides is 4. The monoisotopic (exact) mass is 311 g/mol. The van der Waals surface area contributed by atoms with E-state index >= 15 is 0 Å². The molecule has 2 N–H and O–H groups in total. The van der Waals surface area contributed by atoms with Gasteiger partial charge in [0, 0.05) is 11.8 Å². The predicted molar refractivity (Wildman–Crippen MR) is 82.0 cm³/mol. The summed E-state index contributed by atoms with van der Waals surface area (Å²) in [5.41, 5.74) is 0.661. The minimum absolute atomic E-state index is 0.0671. The molecule has 1 aliphatic rings. The Hall–Kier alpha value is -3.35. The molecule has 1 fully saturated rings. The molecule has 23 heavy (non-hydrogen) atoms. The van der Waals surface area contributed by atoms with Crippen LogP contribution in [0.3, 0.4) is 0 Å². The van der Waals surface area contributed by atoms with E-state index in [1.54, 1.807) is 36.4 Å². The summed E-state index contributed by atoms with van der Waals surface area (Å²) in [6.45, 7) is -0.366. The molecule has 4 amide bonds. The van der Waals surface area contributed by atoms with Crippen LogP contribution in [-0.2, 0) is 9.59 Å². The molecule has 1 aromatic heterocycles. The van der Waals surface area contributed by atoms with Gasteiger partial charge in [0.25, 0.3) is 5.91 Å². The molecule has 1 aromatic carbocycles.